The molecule has 1 amide bonds. The molecule has 0 aliphatic heterocycles. The smallest absolute Gasteiger partial charge is 0.387 e. The Morgan fingerprint density at radius 2 is 2.00 bits per heavy atom. The van der Waals surface area contributed by atoms with E-state index in [-0.39, 0.29) is 11.7 Å². The van der Waals surface area contributed by atoms with Crippen molar-refractivity contribution in [2.75, 3.05) is 0 Å². The first-order chi connectivity index (χ1) is 11.4. The van der Waals surface area contributed by atoms with Crippen molar-refractivity contribution in [3.05, 3.63) is 41.0 Å². The number of benzene rings is 1. The zero-order chi connectivity index (χ0) is 17.3. The second kappa shape index (κ2) is 6.18. The van der Waals surface area contributed by atoms with Crippen LogP contribution in [0.5, 0.6) is 5.75 Å². The van der Waals surface area contributed by atoms with E-state index in [1.165, 1.54) is 18.5 Å². The van der Waals surface area contributed by atoms with Crippen LogP contribution in [0.3, 0.4) is 0 Å². The van der Waals surface area contributed by atoms with Gasteiger partial charge in [0.1, 0.15) is 11.3 Å². The first kappa shape index (κ1) is 16.4. The van der Waals surface area contributed by atoms with Gasteiger partial charge in [-0.3, -0.25) is 4.79 Å². The number of halogens is 2. The molecule has 0 spiro atoms. The Morgan fingerprint density at radius 1 is 1.33 bits per heavy atom. The average Bonchev–Trinajstić information content (AvgIpc) is 3.00. The number of rotatable bonds is 5. The minimum absolute atomic E-state index is 0.0954. The third kappa shape index (κ3) is 2.95. The Kier molecular flexibility index (Phi) is 4.21. The summed E-state index contributed by atoms with van der Waals surface area (Å²) in [6.45, 7) is 0.345. The molecule has 24 heavy (non-hydrogen) atoms. The first-order valence-electron chi connectivity index (χ1n) is 7.57. The fourth-order valence-electron chi connectivity index (χ4n) is 2.96. The molecule has 0 unspecified atom stereocenters. The fourth-order valence-corrected chi connectivity index (χ4v) is 2.96. The molecule has 2 aromatic rings. The lowest BCUT2D eigenvalue weighted by Gasteiger charge is -2.39. The highest BCUT2D eigenvalue weighted by atomic mass is 19.3. The van der Waals surface area contributed by atoms with E-state index < -0.39 is 12.2 Å². The topological polar surface area (TPSA) is 77.3 Å². The van der Waals surface area contributed by atoms with Gasteiger partial charge in [0.25, 0.3) is 5.91 Å². The number of amides is 1. The van der Waals surface area contributed by atoms with Crippen molar-refractivity contribution in [3.63, 3.8) is 0 Å². The first-order valence-corrected chi connectivity index (χ1v) is 7.57. The maximum Gasteiger partial charge on any atom is 0.387 e. The van der Waals surface area contributed by atoms with Gasteiger partial charge in [-0.05, 0) is 56.4 Å². The van der Waals surface area contributed by atoms with E-state index in [2.05, 4.69) is 20.2 Å². The summed E-state index contributed by atoms with van der Waals surface area (Å²) >= 11 is 0. The van der Waals surface area contributed by atoms with E-state index in [0.717, 1.165) is 19.3 Å². The molecule has 1 aliphatic rings. The molecule has 0 bridgehead atoms. The molecular formula is C16H17F2N3O3. The number of aryl methyl sites for hydroxylation is 2. The molecule has 1 saturated carbocycles. The number of carbonyl (C=O) groups is 1. The van der Waals surface area contributed by atoms with Crippen molar-refractivity contribution >= 4 is 5.91 Å². The lowest BCUT2D eigenvalue weighted by molar-refractivity contribution is -0.0507. The molecule has 1 heterocycles. The van der Waals surface area contributed by atoms with Crippen molar-refractivity contribution in [2.24, 2.45) is 0 Å². The molecule has 0 atom stereocenters. The minimum Gasteiger partial charge on any atom is -0.434 e. The van der Waals surface area contributed by atoms with Crippen LogP contribution in [0.1, 0.15) is 46.6 Å². The Balaban J connectivity index is 1.83. The quantitative estimate of drug-likeness (QED) is 0.907. The van der Waals surface area contributed by atoms with Crippen LogP contribution >= 0.6 is 0 Å². The zero-order valence-electron chi connectivity index (χ0n) is 13.3. The van der Waals surface area contributed by atoms with Gasteiger partial charge in [-0.2, -0.15) is 13.8 Å². The number of carbonyl (C=O) groups excluding carboxylic acids is 1. The molecule has 1 aromatic heterocycles. The van der Waals surface area contributed by atoms with Gasteiger partial charge >= 0.3 is 6.61 Å². The molecular weight excluding hydrogens is 320 g/mol. The SMILES string of the molecule is Cc1cc(C(=O)NC2(c3ncon3)CCC2)cc(C)c1OC(F)F. The van der Waals surface area contributed by atoms with Crippen LogP contribution < -0.4 is 10.1 Å². The molecule has 6 nitrogen and oxygen atoms in total. The van der Waals surface area contributed by atoms with E-state index in [0.29, 0.717) is 22.5 Å². The number of alkyl halides is 2. The molecule has 128 valence electrons. The number of aromatic nitrogens is 2. The standard InChI is InChI=1S/C16H17F2N3O3/c1-9-6-11(7-10(2)12(9)24-15(17)18)13(22)20-16(4-3-5-16)14-19-8-23-21-14/h6-8,15H,3-5H2,1-2H3,(H,20,22). The molecule has 0 saturated heterocycles. The zero-order valence-corrected chi connectivity index (χ0v) is 13.3. The molecule has 3 rings (SSSR count). The lowest BCUT2D eigenvalue weighted by Crippen LogP contribution is -2.51. The van der Waals surface area contributed by atoms with Crippen LogP contribution in [0.15, 0.2) is 23.0 Å². The lowest BCUT2D eigenvalue weighted by atomic mass is 9.76. The van der Waals surface area contributed by atoms with Gasteiger partial charge in [0.15, 0.2) is 5.82 Å². The summed E-state index contributed by atoms with van der Waals surface area (Å²) in [7, 11) is 0. The Bertz CT molecular complexity index is 720. The van der Waals surface area contributed by atoms with Gasteiger partial charge in [0.2, 0.25) is 6.39 Å². The van der Waals surface area contributed by atoms with Gasteiger partial charge < -0.3 is 14.6 Å². The van der Waals surface area contributed by atoms with Crippen molar-refractivity contribution < 1.29 is 22.8 Å². The summed E-state index contributed by atoms with van der Waals surface area (Å²) in [4.78, 5) is 16.6. The summed E-state index contributed by atoms with van der Waals surface area (Å²) in [5.41, 5.74) is 0.705. The maximum absolute atomic E-state index is 12.6. The number of nitrogens with one attached hydrogen (secondary N) is 1. The van der Waals surface area contributed by atoms with Gasteiger partial charge in [0, 0.05) is 5.56 Å². The van der Waals surface area contributed by atoms with E-state index in [9.17, 15) is 13.6 Å². The maximum atomic E-state index is 12.6. The fraction of sp³-hybridized carbons (Fsp3) is 0.438. The molecule has 8 heteroatoms. The Morgan fingerprint density at radius 3 is 2.46 bits per heavy atom. The van der Waals surface area contributed by atoms with Crippen LogP contribution in [0, 0.1) is 13.8 Å². The Labute approximate surface area is 137 Å². The van der Waals surface area contributed by atoms with Crippen LogP contribution in [-0.2, 0) is 5.54 Å². The van der Waals surface area contributed by atoms with Gasteiger partial charge in [0.05, 0.1) is 0 Å². The summed E-state index contributed by atoms with van der Waals surface area (Å²) in [6, 6.07) is 3.06. The minimum atomic E-state index is -2.90. The Hall–Kier alpha value is -2.51. The predicted octanol–water partition coefficient (Wildman–Crippen LogP) is 3.10. The van der Waals surface area contributed by atoms with Crippen molar-refractivity contribution in [1.82, 2.24) is 15.5 Å². The van der Waals surface area contributed by atoms with Crippen LogP contribution in [-0.4, -0.2) is 22.7 Å². The highest BCUT2D eigenvalue weighted by molar-refractivity contribution is 5.95. The van der Waals surface area contributed by atoms with Crippen molar-refractivity contribution in [3.8, 4) is 5.75 Å². The van der Waals surface area contributed by atoms with Crippen LogP contribution in [0.4, 0.5) is 8.78 Å². The normalized spacial score (nSPS) is 15.9. The highest BCUT2D eigenvalue weighted by Gasteiger charge is 2.44. The monoisotopic (exact) mass is 337 g/mol. The second-order valence-electron chi connectivity index (χ2n) is 5.96. The van der Waals surface area contributed by atoms with Gasteiger partial charge in [-0.1, -0.05) is 5.16 Å². The van der Waals surface area contributed by atoms with Gasteiger partial charge in [-0.25, -0.2) is 0 Å². The third-order valence-electron chi connectivity index (χ3n) is 4.28. The van der Waals surface area contributed by atoms with E-state index in [1.807, 2.05) is 0 Å². The molecule has 1 fully saturated rings. The summed E-state index contributed by atoms with van der Waals surface area (Å²) in [6.07, 6.45) is 3.63. The largest absolute Gasteiger partial charge is 0.434 e. The molecule has 0 radical (unpaired) electrons. The van der Waals surface area contributed by atoms with Crippen molar-refractivity contribution in [2.45, 2.75) is 45.3 Å². The summed E-state index contributed by atoms with van der Waals surface area (Å²) < 4.78 is 34.2. The van der Waals surface area contributed by atoms with E-state index >= 15 is 0 Å². The highest BCUT2D eigenvalue weighted by Crippen LogP contribution is 2.39. The summed E-state index contributed by atoms with van der Waals surface area (Å²) in [5.74, 6) is 0.237. The molecule has 1 aliphatic carbocycles. The van der Waals surface area contributed by atoms with E-state index in [1.54, 1.807) is 13.8 Å². The van der Waals surface area contributed by atoms with E-state index in [4.69, 9.17) is 4.52 Å². The molecule has 1 N–H and O–H groups in total. The number of hydrogen-bond donors (Lipinski definition) is 1. The average molecular weight is 337 g/mol. The van der Waals surface area contributed by atoms with Crippen LogP contribution in [0.25, 0.3) is 0 Å². The molecule has 1 aromatic carbocycles. The number of ether oxygens (including phenoxy) is 1. The van der Waals surface area contributed by atoms with Gasteiger partial charge in [-0.15, -0.1) is 0 Å². The van der Waals surface area contributed by atoms with Crippen LogP contribution in [0.2, 0.25) is 0 Å². The number of hydrogen-bond acceptors (Lipinski definition) is 5. The number of nitrogens with zero attached hydrogens (tertiary/aromatic N) is 2. The van der Waals surface area contributed by atoms with Crippen molar-refractivity contribution in [1.29, 1.82) is 0 Å². The predicted molar refractivity (Wildman–Crippen MR) is 79.8 cm³/mol. The summed E-state index contributed by atoms with van der Waals surface area (Å²) in [5, 5.41) is 6.79. The second-order valence-corrected chi connectivity index (χ2v) is 5.96. The third-order valence-corrected chi connectivity index (χ3v) is 4.28.